The number of rotatable bonds is 8. The van der Waals surface area contributed by atoms with Crippen LogP contribution in [0.15, 0.2) is 0 Å². The minimum Gasteiger partial charge on any atom is -0.357 e. The van der Waals surface area contributed by atoms with Crippen LogP contribution in [0.4, 0.5) is 0 Å². The molecule has 1 aliphatic carbocycles. The lowest BCUT2D eigenvalue weighted by molar-refractivity contribution is -0.145. The number of hydrogen-bond acceptors (Lipinski definition) is 4. The molecule has 0 unspecified atom stereocenters. The van der Waals surface area contributed by atoms with Crippen LogP contribution in [0.25, 0.3) is 0 Å². The third kappa shape index (κ3) is 6.76. The molecule has 0 bridgehead atoms. The molecule has 1 aliphatic rings. The van der Waals surface area contributed by atoms with Crippen LogP contribution in [0.2, 0.25) is 0 Å². The van der Waals surface area contributed by atoms with Crippen molar-refractivity contribution in [1.82, 2.24) is 16.1 Å². The fourth-order valence-electron chi connectivity index (χ4n) is 4.29. The van der Waals surface area contributed by atoms with Gasteiger partial charge >= 0.3 is 0 Å². The maximum Gasteiger partial charge on any atom is 0.247 e. The summed E-state index contributed by atoms with van der Waals surface area (Å²) in [6.07, 6.45) is 5.45. The van der Waals surface area contributed by atoms with Gasteiger partial charge in [-0.25, -0.2) is 5.48 Å². The van der Waals surface area contributed by atoms with Gasteiger partial charge in [-0.3, -0.25) is 19.6 Å². The molecule has 0 aromatic rings. The first-order valence-corrected chi connectivity index (χ1v) is 10.5. The summed E-state index contributed by atoms with van der Waals surface area (Å²) in [5, 5.41) is 14.9. The third-order valence-electron chi connectivity index (χ3n) is 5.73. The van der Waals surface area contributed by atoms with Gasteiger partial charge in [0.2, 0.25) is 17.7 Å². The SMILES string of the molecule is CNC(=O)[C@@H](NC(=O)[C@H](CC(C)C)[C@@H](C(=O)NO)C1CCCCC1)C(C)(C)C. The van der Waals surface area contributed by atoms with E-state index in [0.29, 0.717) is 6.42 Å². The maximum absolute atomic E-state index is 13.3. The molecule has 0 aromatic carbocycles. The number of hydrogen-bond donors (Lipinski definition) is 4. The van der Waals surface area contributed by atoms with Crippen molar-refractivity contribution in [2.24, 2.45) is 29.1 Å². The molecule has 7 heteroatoms. The summed E-state index contributed by atoms with van der Waals surface area (Å²) in [6.45, 7) is 9.70. The van der Waals surface area contributed by atoms with Crippen LogP contribution in [0.3, 0.4) is 0 Å². The van der Waals surface area contributed by atoms with E-state index in [4.69, 9.17) is 0 Å². The molecule has 0 aliphatic heterocycles. The van der Waals surface area contributed by atoms with Gasteiger partial charge in [0, 0.05) is 7.05 Å². The monoisotopic (exact) mass is 397 g/mol. The highest BCUT2D eigenvalue weighted by molar-refractivity contribution is 5.91. The molecule has 0 saturated heterocycles. The van der Waals surface area contributed by atoms with E-state index in [1.54, 1.807) is 12.5 Å². The highest BCUT2D eigenvalue weighted by atomic mass is 16.5. The molecule has 3 amide bonds. The molecule has 1 fully saturated rings. The highest BCUT2D eigenvalue weighted by Crippen LogP contribution is 2.37. The van der Waals surface area contributed by atoms with E-state index in [1.165, 1.54) is 0 Å². The fourth-order valence-corrected chi connectivity index (χ4v) is 4.29. The summed E-state index contributed by atoms with van der Waals surface area (Å²) in [5.74, 6) is -1.99. The number of likely N-dealkylation sites (N-methyl/N-ethyl adjacent to an activating group) is 1. The van der Waals surface area contributed by atoms with Crippen LogP contribution in [0.5, 0.6) is 0 Å². The smallest absolute Gasteiger partial charge is 0.247 e. The van der Waals surface area contributed by atoms with Gasteiger partial charge in [0.1, 0.15) is 6.04 Å². The van der Waals surface area contributed by atoms with Gasteiger partial charge in [-0.1, -0.05) is 53.9 Å². The Morgan fingerprint density at radius 3 is 2.00 bits per heavy atom. The third-order valence-corrected chi connectivity index (χ3v) is 5.73. The summed E-state index contributed by atoms with van der Waals surface area (Å²) < 4.78 is 0. The van der Waals surface area contributed by atoms with E-state index in [-0.39, 0.29) is 23.7 Å². The predicted octanol–water partition coefficient (Wildman–Crippen LogP) is 2.63. The normalized spacial score (nSPS) is 18.9. The number of amides is 3. The first-order valence-electron chi connectivity index (χ1n) is 10.5. The highest BCUT2D eigenvalue weighted by Gasteiger charge is 2.42. The van der Waals surface area contributed by atoms with Gasteiger partial charge < -0.3 is 10.6 Å². The lowest BCUT2D eigenvalue weighted by atomic mass is 9.71. The Kier molecular flexibility index (Phi) is 9.40. The average Bonchev–Trinajstić information content (AvgIpc) is 2.64. The number of hydroxylamine groups is 1. The van der Waals surface area contributed by atoms with Gasteiger partial charge in [0.15, 0.2) is 0 Å². The first-order chi connectivity index (χ1) is 13.0. The quantitative estimate of drug-likeness (QED) is 0.373. The van der Waals surface area contributed by atoms with E-state index in [9.17, 15) is 19.6 Å². The van der Waals surface area contributed by atoms with Crippen molar-refractivity contribution in [3.05, 3.63) is 0 Å². The van der Waals surface area contributed by atoms with Crippen molar-refractivity contribution in [2.45, 2.75) is 79.2 Å². The molecule has 162 valence electrons. The molecule has 4 N–H and O–H groups in total. The van der Waals surface area contributed by atoms with E-state index < -0.39 is 29.2 Å². The number of carbonyl (C=O) groups excluding carboxylic acids is 3. The second-order valence-corrected chi connectivity index (χ2v) is 9.56. The summed E-state index contributed by atoms with van der Waals surface area (Å²) in [6, 6.07) is -0.705. The Labute approximate surface area is 169 Å². The van der Waals surface area contributed by atoms with Gasteiger partial charge in [-0.15, -0.1) is 0 Å². The van der Waals surface area contributed by atoms with Crippen molar-refractivity contribution in [1.29, 1.82) is 0 Å². The van der Waals surface area contributed by atoms with Gasteiger partial charge in [-0.2, -0.15) is 0 Å². The molecule has 7 nitrogen and oxygen atoms in total. The topological polar surface area (TPSA) is 108 Å². The molecule has 1 rings (SSSR count). The van der Waals surface area contributed by atoms with E-state index in [1.807, 2.05) is 34.6 Å². The van der Waals surface area contributed by atoms with Gasteiger partial charge in [-0.05, 0) is 36.5 Å². The van der Waals surface area contributed by atoms with Crippen LogP contribution in [0.1, 0.15) is 73.1 Å². The van der Waals surface area contributed by atoms with E-state index >= 15 is 0 Å². The zero-order chi connectivity index (χ0) is 21.5. The molecular weight excluding hydrogens is 358 g/mol. The lowest BCUT2D eigenvalue weighted by Crippen LogP contribution is -2.56. The minimum atomic E-state index is -0.705. The van der Waals surface area contributed by atoms with Crippen molar-refractivity contribution < 1.29 is 19.6 Å². The summed E-state index contributed by atoms with van der Waals surface area (Å²) in [7, 11) is 1.54. The fraction of sp³-hybridized carbons (Fsp3) is 0.857. The van der Waals surface area contributed by atoms with E-state index in [2.05, 4.69) is 10.6 Å². The second-order valence-electron chi connectivity index (χ2n) is 9.56. The predicted molar refractivity (Wildman–Crippen MR) is 108 cm³/mol. The van der Waals surface area contributed by atoms with Gasteiger partial charge in [0.05, 0.1) is 11.8 Å². The summed E-state index contributed by atoms with van der Waals surface area (Å²) >= 11 is 0. The molecule has 28 heavy (non-hydrogen) atoms. The zero-order valence-electron chi connectivity index (χ0n) is 18.3. The zero-order valence-corrected chi connectivity index (χ0v) is 18.3. The molecule has 0 aromatic heterocycles. The largest absolute Gasteiger partial charge is 0.357 e. The van der Waals surface area contributed by atoms with Crippen LogP contribution in [0, 0.1) is 29.1 Å². The van der Waals surface area contributed by atoms with Crippen LogP contribution in [-0.4, -0.2) is 36.0 Å². The summed E-state index contributed by atoms with van der Waals surface area (Å²) in [4.78, 5) is 38.3. The van der Waals surface area contributed by atoms with Crippen LogP contribution >= 0.6 is 0 Å². The van der Waals surface area contributed by atoms with Crippen LogP contribution < -0.4 is 16.1 Å². The Bertz CT molecular complexity index is 536. The first kappa shape index (κ1) is 24.4. The lowest BCUT2D eigenvalue weighted by Gasteiger charge is -2.36. The standard InChI is InChI=1S/C21H39N3O4/c1-13(2)12-15(16(19(26)24-28)14-10-8-7-9-11-14)18(25)23-17(20(27)22-6)21(3,4)5/h13-17,28H,7-12H2,1-6H3,(H,22,27)(H,23,25)(H,24,26)/t15-,16+,17-/m1/s1. The van der Waals surface area contributed by atoms with Crippen molar-refractivity contribution in [2.75, 3.05) is 7.05 Å². The van der Waals surface area contributed by atoms with Crippen LogP contribution in [-0.2, 0) is 14.4 Å². The minimum absolute atomic E-state index is 0.0588. The maximum atomic E-state index is 13.3. The molecule has 1 saturated carbocycles. The molecule has 0 spiro atoms. The van der Waals surface area contributed by atoms with Gasteiger partial charge in [0.25, 0.3) is 0 Å². The Balaban J connectivity index is 3.18. The summed E-state index contributed by atoms with van der Waals surface area (Å²) in [5.41, 5.74) is 1.32. The number of carbonyl (C=O) groups is 3. The van der Waals surface area contributed by atoms with Crippen molar-refractivity contribution in [3.8, 4) is 0 Å². The van der Waals surface area contributed by atoms with Crippen molar-refractivity contribution in [3.63, 3.8) is 0 Å². The Morgan fingerprint density at radius 1 is 1.00 bits per heavy atom. The molecule has 3 atom stereocenters. The molecular formula is C21H39N3O4. The van der Waals surface area contributed by atoms with E-state index in [0.717, 1.165) is 32.1 Å². The van der Waals surface area contributed by atoms with Crippen molar-refractivity contribution >= 4 is 17.7 Å². The number of nitrogens with one attached hydrogen (secondary N) is 3. The molecule has 0 radical (unpaired) electrons. The second kappa shape index (κ2) is 10.8. The average molecular weight is 398 g/mol. The molecule has 0 heterocycles. The Hall–Kier alpha value is -1.63. The Morgan fingerprint density at radius 2 is 1.57 bits per heavy atom.